The van der Waals surface area contributed by atoms with Gasteiger partial charge in [0.25, 0.3) is 5.91 Å². The Balaban J connectivity index is 1.25. The number of nitrogens with zero attached hydrogens (tertiary/aromatic N) is 3. The largest absolute Gasteiger partial charge is 0.337 e. The molecule has 3 heterocycles. The van der Waals surface area contributed by atoms with Crippen LogP contribution in [-0.4, -0.2) is 39.1 Å². The number of carbonyl (C=O) groups is 1. The van der Waals surface area contributed by atoms with E-state index in [1.165, 1.54) is 29.0 Å². The highest BCUT2D eigenvalue weighted by molar-refractivity contribution is 7.18. The first-order valence-corrected chi connectivity index (χ1v) is 12.0. The number of hydrogen-bond acceptors (Lipinski definition) is 4. The first kappa shape index (κ1) is 21.5. The standard InChI is InChI=1S/C26H25FN4OS/c1-17-24(33-25(28-17)20-7-9-21(27)10-8-20)22-16-23(30-29-22)26(32)31-13-11-19(12-14-31)15-18-5-3-2-4-6-18/h2-10,16,19H,11-15H2,1H3,(H,29,30). The summed E-state index contributed by atoms with van der Waals surface area (Å²) in [6, 6.07) is 18.7. The van der Waals surface area contributed by atoms with Gasteiger partial charge in [0.1, 0.15) is 10.8 Å². The first-order chi connectivity index (χ1) is 16.1. The van der Waals surface area contributed by atoms with E-state index in [2.05, 4.69) is 39.4 Å². The minimum atomic E-state index is -0.270. The van der Waals surface area contributed by atoms with E-state index in [0.717, 1.165) is 59.2 Å². The van der Waals surface area contributed by atoms with Gasteiger partial charge in [0.15, 0.2) is 5.69 Å². The van der Waals surface area contributed by atoms with Gasteiger partial charge in [-0.05, 0) is 68.0 Å². The van der Waals surface area contributed by atoms with Crippen molar-refractivity contribution in [2.45, 2.75) is 26.2 Å². The van der Waals surface area contributed by atoms with E-state index in [4.69, 9.17) is 0 Å². The lowest BCUT2D eigenvalue weighted by atomic mass is 9.90. The normalized spacial score (nSPS) is 14.5. The molecule has 1 aliphatic heterocycles. The van der Waals surface area contributed by atoms with Gasteiger partial charge in [0.2, 0.25) is 0 Å². The zero-order chi connectivity index (χ0) is 22.8. The van der Waals surface area contributed by atoms with Crippen LogP contribution in [0.25, 0.3) is 21.1 Å². The maximum absolute atomic E-state index is 13.2. The molecule has 2 aromatic heterocycles. The Morgan fingerprint density at radius 2 is 1.85 bits per heavy atom. The Morgan fingerprint density at radius 1 is 1.12 bits per heavy atom. The molecule has 0 unspecified atom stereocenters. The number of benzene rings is 2. The monoisotopic (exact) mass is 460 g/mol. The number of hydrogen-bond donors (Lipinski definition) is 1. The number of carbonyl (C=O) groups excluding carboxylic acids is 1. The molecule has 1 fully saturated rings. The van der Waals surface area contributed by atoms with Gasteiger partial charge < -0.3 is 4.90 Å². The fourth-order valence-electron chi connectivity index (χ4n) is 4.36. The second kappa shape index (κ2) is 9.27. The number of halogens is 1. The third-order valence-electron chi connectivity index (χ3n) is 6.20. The van der Waals surface area contributed by atoms with Crippen molar-refractivity contribution in [1.29, 1.82) is 0 Å². The number of H-pyrrole nitrogens is 1. The van der Waals surface area contributed by atoms with E-state index in [1.807, 2.05) is 24.0 Å². The highest BCUT2D eigenvalue weighted by atomic mass is 32.1. The molecule has 1 N–H and O–H groups in total. The van der Waals surface area contributed by atoms with Crippen LogP contribution in [0.15, 0.2) is 60.7 Å². The molecule has 0 saturated carbocycles. The number of likely N-dealkylation sites (tertiary alicyclic amines) is 1. The maximum atomic E-state index is 13.2. The number of piperidine rings is 1. The Bertz CT molecular complexity index is 1240. The van der Waals surface area contributed by atoms with Crippen LogP contribution in [0.1, 0.15) is 34.6 Å². The topological polar surface area (TPSA) is 61.9 Å². The number of rotatable bonds is 5. The lowest BCUT2D eigenvalue weighted by molar-refractivity contribution is 0.0684. The molecule has 168 valence electrons. The SMILES string of the molecule is Cc1nc(-c2ccc(F)cc2)sc1-c1cc(C(=O)N2CCC(Cc3ccccc3)CC2)n[nH]1. The minimum Gasteiger partial charge on any atom is -0.337 e. The second-order valence-electron chi connectivity index (χ2n) is 8.53. The van der Waals surface area contributed by atoms with Crippen molar-refractivity contribution >= 4 is 17.2 Å². The summed E-state index contributed by atoms with van der Waals surface area (Å²) in [5.41, 5.74) is 4.29. The average molecular weight is 461 g/mol. The summed E-state index contributed by atoms with van der Waals surface area (Å²) < 4.78 is 13.2. The fraction of sp³-hybridized carbons (Fsp3) is 0.269. The predicted octanol–water partition coefficient (Wildman–Crippen LogP) is 5.74. The Hall–Kier alpha value is -3.32. The molecule has 0 atom stereocenters. The summed E-state index contributed by atoms with van der Waals surface area (Å²) in [7, 11) is 0. The van der Waals surface area contributed by atoms with Crippen LogP contribution in [0.3, 0.4) is 0 Å². The van der Waals surface area contributed by atoms with E-state index in [1.54, 1.807) is 12.1 Å². The fourth-order valence-corrected chi connectivity index (χ4v) is 5.40. The van der Waals surface area contributed by atoms with Crippen LogP contribution in [0, 0.1) is 18.7 Å². The van der Waals surface area contributed by atoms with Crippen molar-refractivity contribution in [2.24, 2.45) is 5.92 Å². The summed E-state index contributed by atoms with van der Waals surface area (Å²) in [5.74, 6) is 0.306. The molecule has 4 aromatic rings. The van der Waals surface area contributed by atoms with Crippen molar-refractivity contribution < 1.29 is 9.18 Å². The molecule has 0 spiro atoms. The van der Waals surface area contributed by atoms with Gasteiger partial charge in [-0.15, -0.1) is 11.3 Å². The summed E-state index contributed by atoms with van der Waals surface area (Å²) in [6.45, 7) is 3.44. The Labute approximate surface area is 196 Å². The molecule has 1 aliphatic rings. The second-order valence-corrected chi connectivity index (χ2v) is 9.53. The number of aromatic amines is 1. The van der Waals surface area contributed by atoms with E-state index in [9.17, 15) is 9.18 Å². The number of aromatic nitrogens is 3. The van der Waals surface area contributed by atoms with Gasteiger partial charge >= 0.3 is 0 Å². The lowest BCUT2D eigenvalue weighted by Gasteiger charge is -2.31. The molecule has 5 rings (SSSR count). The molecule has 1 saturated heterocycles. The molecule has 0 radical (unpaired) electrons. The molecule has 0 bridgehead atoms. The summed E-state index contributed by atoms with van der Waals surface area (Å²) in [6.07, 6.45) is 3.08. The highest BCUT2D eigenvalue weighted by Gasteiger charge is 2.26. The number of aryl methyl sites for hydroxylation is 1. The van der Waals surface area contributed by atoms with E-state index in [-0.39, 0.29) is 11.7 Å². The zero-order valence-electron chi connectivity index (χ0n) is 18.4. The third-order valence-corrected chi connectivity index (χ3v) is 7.44. The first-order valence-electron chi connectivity index (χ1n) is 11.2. The molecular formula is C26H25FN4OS. The van der Waals surface area contributed by atoms with Gasteiger partial charge in [-0.1, -0.05) is 30.3 Å². The van der Waals surface area contributed by atoms with Gasteiger partial charge in [-0.2, -0.15) is 5.10 Å². The highest BCUT2D eigenvalue weighted by Crippen LogP contribution is 2.34. The van der Waals surface area contributed by atoms with Crippen LogP contribution >= 0.6 is 11.3 Å². The maximum Gasteiger partial charge on any atom is 0.274 e. The predicted molar refractivity (Wildman–Crippen MR) is 129 cm³/mol. The summed E-state index contributed by atoms with van der Waals surface area (Å²) in [4.78, 5) is 20.5. The van der Waals surface area contributed by atoms with Crippen molar-refractivity contribution in [3.63, 3.8) is 0 Å². The van der Waals surface area contributed by atoms with Crippen LogP contribution in [0.2, 0.25) is 0 Å². The number of thiazole rings is 1. The van der Waals surface area contributed by atoms with Crippen molar-refractivity contribution in [3.05, 3.63) is 83.4 Å². The average Bonchev–Trinajstić information content (AvgIpc) is 3.47. The van der Waals surface area contributed by atoms with E-state index in [0.29, 0.717) is 11.6 Å². The van der Waals surface area contributed by atoms with Gasteiger partial charge in [-0.25, -0.2) is 9.37 Å². The quantitative estimate of drug-likeness (QED) is 0.413. The van der Waals surface area contributed by atoms with Crippen LogP contribution in [0.5, 0.6) is 0 Å². The van der Waals surface area contributed by atoms with Gasteiger partial charge in [0, 0.05) is 18.7 Å². The third kappa shape index (κ3) is 4.73. The van der Waals surface area contributed by atoms with Gasteiger partial charge in [-0.3, -0.25) is 9.89 Å². The zero-order valence-corrected chi connectivity index (χ0v) is 19.2. The van der Waals surface area contributed by atoms with Gasteiger partial charge in [0.05, 0.1) is 16.3 Å². The molecule has 33 heavy (non-hydrogen) atoms. The molecule has 7 heteroatoms. The molecule has 5 nitrogen and oxygen atoms in total. The Kier molecular flexibility index (Phi) is 6.05. The minimum absolute atomic E-state index is 0.0309. The van der Waals surface area contributed by atoms with E-state index >= 15 is 0 Å². The molecular weight excluding hydrogens is 435 g/mol. The lowest BCUT2D eigenvalue weighted by Crippen LogP contribution is -2.39. The number of amides is 1. The van der Waals surface area contributed by atoms with Crippen LogP contribution < -0.4 is 0 Å². The molecule has 0 aliphatic carbocycles. The van der Waals surface area contributed by atoms with Crippen LogP contribution in [-0.2, 0) is 6.42 Å². The van der Waals surface area contributed by atoms with Crippen LogP contribution in [0.4, 0.5) is 4.39 Å². The smallest absolute Gasteiger partial charge is 0.274 e. The number of nitrogens with one attached hydrogen (secondary N) is 1. The van der Waals surface area contributed by atoms with Crippen molar-refractivity contribution in [3.8, 4) is 21.1 Å². The van der Waals surface area contributed by atoms with E-state index < -0.39 is 0 Å². The molecule has 1 amide bonds. The van der Waals surface area contributed by atoms with Crippen molar-refractivity contribution in [1.82, 2.24) is 20.1 Å². The Morgan fingerprint density at radius 3 is 2.58 bits per heavy atom. The van der Waals surface area contributed by atoms with Crippen molar-refractivity contribution in [2.75, 3.05) is 13.1 Å². The summed E-state index contributed by atoms with van der Waals surface area (Å²) >= 11 is 1.50. The molecule has 2 aromatic carbocycles. The summed E-state index contributed by atoms with van der Waals surface area (Å²) in [5, 5.41) is 8.12.